The maximum atomic E-state index is 10.8. The van der Waals surface area contributed by atoms with Crippen molar-refractivity contribution in [2.75, 3.05) is 26.7 Å². The molecule has 1 rings (SSSR count). The molecule has 4 nitrogen and oxygen atoms in total. The molecule has 1 unspecified atom stereocenters. The molecule has 0 radical (unpaired) electrons. The number of ether oxygens (including phenoxy) is 1. The highest BCUT2D eigenvalue weighted by atomic mass is 16.5. The van der Waals surface area contributed by atoms with Crippen LogP contribution in [0.4, 0.5) is 0 Å². The topological polar surface area (TPSA) is 55.6 Å². The number of nitrogens with zero attached hydrogens (tertiary/aromatic N) is 1. The third-order valence-corrected chi connectivity index (χ3v) is 2.17. The van der Waals surface area contributed by atoms with Crippen LogP contribution in [0.25, 0.3) is 0 Å². The van der Waals surface area contributed by atoms with Crippen LogP contribution in [0.1, 0.15) is 12.8 Å². The molecule has 1 aliphatic rings. The zero-order chi connectivity index (χ0) is 8.97. The van der Waals surface area contributed by atoms with E-state index in [2.05, 4.69) is 9.64 Å². The van der Waals surface area contributed by atoms with Crippen molar-refractivity contribution in [1.82, 2.24) is 4.90 Å². The van der Waals surface area contributed by atoms with Gasteiger partial charge in [-0.15, -0.1) is 0 Å². The highest BCUT2D eigenvalue weighted by molar-refractivity contribution is 5.69. The molecule has 1 fully saturated rings. The molecular formula is C8H16N2O2. The second kappa shape index (κ2) is 4.42. The molecular weight excluding hydrogens is 156 g/mol. The third kappa shape index (κ3) is 2.79. The Morgan fingerprint density at radius 2 is 2.50 bits per heavy atom. The Balaban J connectivity index is 2.11. The Bertz CT molecular complexity index is 161. The van der Waals surface area contributed by atoms with E-state index in [9.17, 15) is 4.79 Å². The van der Waals surface area contributed by atoms with E-state index in [0.717, 1.165) is 26.1 Å². The van der Waals surface area contributed by atoms with E-state index in [-0.39, 0.29) is 5.97 Å². The standard InChI is InChI=1S/C8H16N2O2/c1-12-8(11)3-5-10-4-2-7(9)6-10/h7H,2-6,9H2,1H3. The minimum atomic E-state index is -0.143. The number of hydrogen-bond donors (Lipinski definition) is 1. The smallest absolute Gasteiger partial charge is 0.306 e. The molecule has 12 heavy (non-hydrogen) atoms. The van der Waals surface area contributed by atoms with Crippen molar-refractivity contribution < 1.29 is 9.53 Å². The van der Waals surface area contributed by atoms with Gasteiger partial charge in [0.25, 0.3) is 0 Å². The molecule has 0 saturated carbocycles. The number of rotatable bonds is 3. The van der Waals surface area contributed by atoms with Crippen LogP contribution in [-0.4, -0.2) is 43.7 Å². The highest BCUT2D eigenvalue weighted by Crippen LogP contribution is 2.06. The molecule has 0 aromatic carbocycles. The van der Waals surface area contributed by atoms with Gasteiger partial charge >= 0.3 is 5.97 Å². The summed E-state index contributed by atoms with van der Waals surface area (Å²) in [6.45, 7) is 2.70. The maximum absolute atomic E-state index is 10.8. The lowest BCUT2D eigenvalue weighted by Gasteiger charge is -2.13. The van der Waals surface area contributed by atoms with E-state index in [1.165, 1.54) is 7.11 Å². The number of carbonyl (C=O) groups is 1. The fourth-order valence-corrected chi connectivity index (χ4v) is 1.42. The monoisotopic (exact) mass is 172 g/mol. The number of nitrogens with two attached hydrogens (primary N) is 1. The number of esters is 1. The van der Waals surface area contributed by atoms with Crippen molar-refractivity contribution in [3.8, 4) is 0 Å². The minimum absolute atomic E-state index is 0.143. The van der Waals surface area contributed by atoms with Gasteiger partial charge in [-0.3, -0.25) is 4.79 Å². The van der Waals surface area contributed by atoms with Gasteiger partial charge in [-0.25, -0.2) is 0 Å². The van der Waals surface area contributed by atoms with Crippen LogP contribution in [0.5, 0.6) is 0 Å². The molecule has 0 aromatic rings. The summed E-state index contributed by atoms with van der Waals surface area (Å²) in [5, 5.41) is 0. The predicted octanol–water partition coefficient (Wildman–Crippen LogP) is -0.417. The van der Waals surface area contributed by atoms with Crippen LogP contribution in [0.15, 0.2) is 0 Å². The Morgan fingerprint density at radius 3 is 3.00 bits per heavy atom. The number of carbonyl (C=O) groups excluding carboxylic acids is 1. The Morgan fingerprint density at radius 1 is 1.75 bits per heavy atom. The first-order valence-electron chi connectivity index (χ1n) is 4.27. The van der Waals surface area contributed by atoms with Crippen molar-refractivity contribution in [2.24, 2.45) is 5.73 Å². The quantitative estimate of drug-likeness (QED) is 0.588. The van der Waals surface area contributed by atoms with Gasteiger partial charge in [0.05, 0.1) is 13.5 Å². The average molecular weight is 172 g/mol. The van der Waals surface area contributed by atoms with Gasteiger partial charge in [0.15, 0.2) is 0 Å². The van der Waals surface area contributed by atoms with Crippen molar-refractivity contribution in [3.05, 3.63) is 0 Å². The second-order valence-corrected chi connectivity index (χ2v) is 3.18. The largest absolute Gasteiger partial charge is 0.469 e. The van der Waals surface area contributed by atoms with Gasteiger partial charge < -0.3 is 15.4 Å². The van der Waals surface area contributed by atoms with Gasteiger partial charge in [0.1, 0.15) is 0 Å². The summed E-state index contributed by atoms with van der Waals surface area (Å²) in [4.78, 5) is 13.0. The summed E-state index contributed by atoms with van der Waals surface area (Å²) >= 11 is 0. The lowest BCUT2D eigenvalue weighted by atomic mass is 10.3. The van der Waals surface area contributed by atoms with Crippen LogP contribution >= 0.6 is 0 Å². The molecule has 0 aromatic heterocycles. The van der Waals surface area contributed by atoms with E-state index in [4.69, 9.17) is 5.73 Å². The van der Waals surface area contributed by atoms with Crippen LogP contribution in [0.3, 0.4) is 0 Å². The van der Waals surface area contributed by atoms with E-state index < -0.39 is 0 Å². The molecule has 0 bridgehead atoms. The van der Waals surface area contributed by atoms with Crippen LogP contribution in [-0.2, 0) is 9.53 Å². The SMILES string of the molecule is COC(=O)CCN1CCC(N)C1. The van der Waals surface area contributed by atoms with Gasteiger partial charge in [0, 0.05) is 19.1 Å². The summed E-state index contributed by atoms with van der Waals surface area (Å²) in [5.41, 5.74) is 5.71. The molecule has 1 atom stereocenters. The van der Waals surface area contributed by atoms with E-state index in [1.807, 2.05) is 0 Å². The van der Waals surface area contributed by atoms with E-state index >= 15 is 0 Å². The number of likely N-dealkylation sites (tertiary alicyclic amines) is 1. The van der Waals surface area contributed by atoms with Gasteiger partial charge in [0.2, 0.25) is 0 Å². The lowest BCUT2D eigenvalue weighted by molar-refractivity contribution is -0.140. The first kappa shape index (κ1) is 9.48. The minimum Gasteiger partial charge on any atom is -0.469 e. The van der Waals surface area contributed by atoms with Crippen molar-refractivity contribution >= 4 is 5.97 Å². The summed E-state index contributed by atoms with van der Waals surface area (Å²) < 4.78 is 4.54. The van der Waals surface area contributed by atoms with E-state index in [1.54, 1.807) is 0 Å². The molecule has 0 aliphatic carbocycles. The molecule has 2 N–H and O–H groups in total. The van der Waals surface area contributed by atoms with Gasteiger partial charge in [-0.2, -0.15) is 0 Å². The maximum Gasteiger partial charge on any atom is 0.306 e. The molecule has 1 aliphatic heterocycles. The fourth-order valence-electron chi connectivity index (χ4n) is 1.42. The Hall–Kier alpha value is -0.610. The zero-order valence-corrected chi connectivity index (χ0v) is 7.45. The Kier molecular flexibility index (Phi) is 3.49. The normalized spacial score (nSPS) is 24.3. The summed E-state index contributed by atoms with van der Waals surface area (Å²) in [7, 11) is 1.41. The lowest BCUT2D eigenvalue weighted by Crippen LogP contribution is -2.28. The first-order valence-corrected chi connectivity index (χ1v) is 4.27. The van der Waals surface area contributed by atoms with E-state index in [0.29, 0.717) is 12.5 Å². The van der Waals surface area contributed by atoms with Crippen LogP contribution in [0, 0.1) is 0 Å². The number of hydrogen-bond acceptors (Lipinski definition) is 4. The predicted molar refractivity (Wildman–Crippen MR) is 45.7 cm³/mol. The fraction of sp³-hybridized carbons (Fsp3) is 0.875. The summed E-state index contributed by atoms with van der Waals surface area (Å²) in [6, 6.07) is 0.294. The zero-order valence-electron chi connectivity index (χ0n) is 7.45. The average Bonchev–Trinajstić information content (AvgIpc) is 2.47. The molecule has 0 amide bonds. The molecule has 4 heteroatoms. The second-order valence-electron chi connectivity index (χ2n) is 3.18. The van der Waals surface area contributed by atoms with Crippen molar-refractivity contribution in [1.29, 1.82) is 0 Å². The van der Waals surface area contributed by atoms with Gasteiger partial charge in [-0.05, 0) is 13.0 Å². The third-order valence-electron chi connectivity index (χ3n) is 2.17. The van der Waals surface area contributed by atoms with Gasteiger partial charge in [-0.1, -0.05) is 0 Å². The van der Waals surface area contributed by atoms with Crippen LogP contribution in [0.2, 0.25) is 0 Å². The van der Waals surface area contributed by atoms with Crippen molar-refractivity contribution in [2.45, 2.75) is 18.9 Å². The summed E-state index contributed by atoms with van der Waals surface area (Å²) in [5.74, 6) is -0.143. The number of methoxy groups -OCH3 is 1. The summed E-state index contributed by atoms with van der Waals surface area (Å²) in [6.07, 6.45) is 1.52. The van der Waals surface area contributed by atoms with Crippen molar-refractivity contribution in [3.63, 3.8) is 0 Å². The molecule has 0 spiro atoms. The Labute approximate surface area is 72.7 Å². The highest BCUT2D eigenvalue weighted by Gasteiger charge is 2.19. The molecule has 1 heterocycles. The molecule has 70 valence electrons. The first-order chi connectivity index (χ1) is 5.72. The van der Waals surface area contributed by atoms with Crippen LogP contribution < -0.4 is 5.73 Å². The molecule has 1 saturated heterocycles.